The lowest BCUT2D eigenvalue weighted by Crippen LogP contribution is -2.43. The fourth-order valence-electron chi connectivity index (χ4n) is 1.52. The molecule has 1 amide bonds. The Hall–Kier alpha value is -1.99. The summed E-state index contributed by atoms with van der Waals surface area (Å²) in [5, 5.41) is 10.5. The average Bonchev–Trinajstić information content (AvgIpc) is 2.54. The van der Waals surface area contributed by atoms with Gasteiger partial charge in [0.05, 0.1) is 6.42 Å². The number of carboxylic acids is 1. The van der Waals surface area contributed by atoms with Crippen LogP contribution in [0.1, 0.15) is 28.3 Å². The highest BCUT2D eigenvalue weighted by Crippen LogP contribution is 2.22. The topological polar surface area (TPSA) is 79.5 Å². The van der Waals surface area contributed by atoms with Crippen molar-refractivity contribution in [1.29, 1.82) is 0 Å². The second-order valence-corrected chi connectivity index (χ2v) is 4.05. The number of amides is 1. The molecule has 8 heteroatoms. The van der Waals surface area contributed by atoms with Crippen LogP contribution in [-0.2, 0) is 4.79 Å². The highest BCUT2D eigenvalue weighted by molar-refractivity contribution is 5.95. The van der Waals surface area contributed by atoms with E-state index in [1.165, 1.54) is 13.0 Å². The molecule has 5 nitrogen and oxygen atoms in total. The zero-order valence-electron chi connectivity index (χ0n) is 10.2. The predicted molar refractivity (Wildman–Crippen MR) is 57.7 cm³/mol. The normalized spacial score (nSPS) is 13.1. The summed E-state index contributed by atoms with van der Waals surface area (Å²) >= 11 is 0. The van der Waals surface area contributed by atoms with Gasteiger partial charge in [0.1, 0.15) is 11.8 Å². The molecule has 1 atom stereocenters. The van der Waals surface area contributed by atoms with Crippen molar-refractivity contribution < 1.29 is 32.3 Å². The van der Waals surface area contributed by atoms with Crippen molar-refractivity contribution in [3.8, 4) is 0 Å². The molecule has 19 heavy (non-hydrogen) atoms. The Morgan fingerprint density at radius 3 is 2.37 bits per heavy atom. The van der Waals surface area contributed by atoms with Gasteiger partial charge >= 0.3 is 12.1 Å². The zero-order valence-corrected chi connectivity index (χ0v) is 10.2. The molecule has 106 valence electrons. The number of nitrogens with one attached hydrogen (secondary N) is 1. The van der Waals surface area contributed by atoms with Crippen molar-refractivity contribution in [2.24, 2.45) is 0 Å². The second-order valence-electron chi connectivity index (χ2n) is 4.05. The van der Waals surface area contributed by atoms with Crippen LogP contribution in [0.25, 0.3) is 0 Å². The molecule has 0 spiro atoms. The Bertz CT molecular complexity index is 493. The van der Waals surface area contributed by atoms with Gasteiger partial charge in [-0.2, -0.15) is 13.2 Å². The largest absolute Gasteiger partial charge is 0.480 e. The molecule has 0 aliphatic rings. The van der Waals surface area contributed by atoms with Gasteiger partial charge in [0, 0.05) is 5.56 Å². The van der Waals surface area contributed by atoms with E-state index in [0.717, 1.165) is 0 Å². The van der Waals surface area contributed by atoms with Gasteiger partial charge in [-0.15, -0.1) is 0 Å². The fraction of sp³-hybridized carbons (Fsp3) is 0.455. The van der Waals surface area contributed by atoms with Gasteiger partial charge in [-0.25, -0.2) is 4.79 Å². The van der Waals surface area contributed by atoms with E-state index in [0.29, 0.717) is 11.3 Å². The number of alkyl halides is 3. The monoisotopic (exact) mass is 279 g/mol. The number of carbonyl (C=O) groups is 2. The Kier molecular flexibility index (Phi) is 4.23. The molecule has 0 fully saturated rings. The molecule has 1 aromatic heterocycles. The standard InChI is InChI=1S/C11H12F3NO4/c1-5-3-6(2)19-8(5)9(16)15-7(10(17)18)4-11(12,13)14/h3,7H,4H2,1-2H3,(H,15,16)(H,17,18). The Morgan fingerprint density at radius 2 is 2.00 bits per heavy atom. The zero-order chi connectivity index (χ0) is 14.8. The minimum atomic E-state index is -4.69. The fourth-order valence-corrected chi connectivity index (χ4v) is 1.52. The number of carbonyl (C=O) groups excluding carboxylic acids is 1. The minimum absolute atomic E-state index is 0.189. The quantitative estimate of drug-likeness (QED) is 0.883. The van der Waals surface area contributed by atoms with Crippen LogP contribution in [0.2, 0.25) is 0 Å². The Balaban J connectivity index is 2.83. The predicted octanol–water partition coefficient (Wildman–Crippen LogP) is 2.03. The summed E-state index contributed by atoms with van der Waals surface area (Å²) in [6.45, 7) is 3.10. The molecule has 0 bridgehead atoms. The van der Waals surface area contributed by atoms with Crippen molar-refractivity contribution in [3.63, 3.8) is 0 Å². The molecule has 0 radical (unpaired) electrons. The second kappa shape index (κ2) is 5.33. The smallest absolute Gasteiger partial charge is 0.391 e. The molecule has 0 aromatic carbocycles. The lowest BCUT2D eigenvalue weighted by molar-refractivity contribution is -0.157. The summed E-state index contributed by atoms with van der Waals surface area (Å²) in [7, 11) is 0. The lowest BCUT2D eigenvalue weighted by Gasteiger charge is -2.15. The van der Waals surface area contributed by atoms with Crippen LogP contribution in [0.15, 0.2) is 10.5 Å². The van der Waals surface area contributed by atoms with Crippen molar-refractivity contribution >= 4 is 11.9 Å². The summed E-state index contributed by atoms with van der Waals surface area (Å²) in [6.07, 6.45) is -6.34. The van der Waals surface area contributed by atoms with E-state index < -0.39 is 30.5 Å². The van der Waals surface area contributed by atoms with Crippen LogP contribution in [0, 0.1) is 13.8 Å². The van der Waals surface area contributed by atoms with E-state index in [1.807, 2.05) is 0 Å². The molecular formula is C11H12F3NO4. The van der Waals surface area contributed by atoms with Crippen LogP contribution >= 0.6 is 0 Å². The highest BCUT2D eigenvalue weighted by atomic mass is 19.4. The third kappa shape index (κ3) is 4.31. The highest BCUT2D eigenvalue weighted by Gasteiger charge is 2.36. The number of hydrogen-bond acceptors (Lipinski definition) is 3. The van der Waals surface area contributed by atoms with E-state index in [2.05, 4.69) is 0 Å². The molecule has 1 rings (SSSR count). The maximum atomic E-state index is 12.2. The molecule has 1 aromatic rings. The summed E-state index contributed by atoms with van der Waals surface area (Å²) in [5.41, 5.74) is 0.422. The van der Waals surface area contributed by atoms with Crippen LogP contribution < -0.4 is 5.32 Å². The molecule has 2 N–H and O–H groups in total. The van der Waals surface area contributed by atoms with Crippen LogP contribution in [0.4, 0.5) is 13.2 Å². The number of halogens is 3. The molecule has 0 saturated heterocycles. The third-order valence-electron chi connectivity index (χ3n) is 2.29. The maximum Gasteiger partial charge on any atom is 0.391 e. The van der Waals surface area contributed by atoms with Crippen molar-refractivity contribution in [1.82, 2.24) is 5.32 Å². The van der Waals surface area contributed by atoms with Gasteiger partial charge in [-0.1, -0.05) is 0 Å². The number of furan rings is 1. The van der Waals surface area contributed by atoms with Gasteiger partial charge < -0.3 is 14.8 Å². The average molecular weight is 279 g/mol. The first-order valence-corrected chi connectivity index (χ1v) is 5.27. The Labute approximate surface area is 106 Å². The van der Waals surface area contributed by atoms with Crippen molar-refractivity contribution in [2.45, 2.75) is 32.5 Å². The Morgan fingerprint density at radius 1 is 1.42 bits per heavy atom. The molecule has 1 heterocycles. The molecular weight excluding hydrogens is 267 g/mol. The van der Waals surface area contributed by atoms with Gasteiger partial charge in [-0.05, 0) is 19.9 Å². The van der Waals surface area contributed by atoms with E-state index in [4.69, 9.17) is 9.52 Å². The van der Waals surface area contributed by atoms with E-state index in [-0.39, 0.29) is 5.76 Å². The number of carboxylic acid groups (broad SMARTS) is 1. The van der Waals surface area contributed by atoms with Crippen LogP contribution in [0.3, 0.4) is 0 Å². The SMILES string of the molecule is Cc1cc(C)c(C(=O)NC(CC(F)(F)F)C(=O)O)o1. The van der Waals surface area contributed by atoms with Crippen LogP contribution in [0.5, 0.6) is 0 Å². The molecule has 0 aliphatic heterocycles. The van der Waals surface area contributed by atoms with Crippen molar-refractivity contribution in [2.75, 3.05) is 0 Å². The van der Waals surface area contributed by atoms with Gasteiger partial charge in [-0.3, -0.25) is 4.79 Å². The molecule has 0 aliphatic carbocycles. The number of hydrogen-bond donors (Lipinski definition) is 2. The van der Waals surface area contributed by atoms with Crippen molar-refractivity contribution in [3.05, 3.63) is 23.2 Å². The first kappa shape index (κ1) is 15.1. The first-order chi connectivity index (χ1) is 8.60. The maximum absolute atomic E-state index is 12.2. The van der Waals surface area contributed by atoms with E-state index in [9.17, 15) is 22.8 Å². The third-order valence-corrected chi connectivity index (χ3v) is 2.29. The minimum Gasteiger partial charge on any atom is -0.480 e. The van der Waals surface area contributed by atoms with E-state index in [1.54, 1.807) is 12.2 Å². The van der Waals surface area contributed by atoms with Crippen LogP contribution in [-0.4, -0.2) is 29.2 Å². The molecule has 1 unspecified atom stereocenters. The van der Waals surface area contributed by atoms with Gasteiger partial charge in [0.15, 0.2) is 5.76 Å². The summed E-state index contributed by atoms with van der Waals surface area (Å²) in [4.78, 5) is 22.3. The number of rotatable bonds is 4. The lowest BCUT2D eigenvalue weighted by atomic mass is 10.2. The molecule has 0 saturated carbocycles. The summed E-state index contributed by atoms with van der Waals surface area (Å²) in [6, 6.07) is -0.522. The summed E-state index contributed by atoms with van der Waals surface area (Å²) in [5.74, 6) is -2.52. The van der Waals surface area contributed by atoms with Gasteiger partial charge in [0.25, 0.3) is 5.91 Å². The summed E-state index contributed by atoms with van der Waals surface area (Å²) < 4.78 is 41.5. The number of aliphatic carboxylic acids is 1. The van der Waals surface area contributed by atoms with Gasteiger partial charge in [0.2, 0.25) is 0 Å². The van der Waals surface area contributed by atoms with E-state index >= 15 is 0 Å². The first-order valence-electron chi connectivity index (χ1n) is 5.27. The number of aryl methyl sites for hydroxylation is 2.